The second-order valence-electron chi connectivity index (χ2n) is 10.7. The van der Waals surface area contributed by atoms with Crippen molar-refractivity contribution in [2.45, 2.75) is 44.4 Å². The van der Waals surface area contributed by atoms with E-state index in [0.29, 0.717) is 37.4 Å². The van der Waals surface area contributed by atoms with Crippen molar-refractivity contribution in [3.05, 3.63) is 119 Å². The van der Waals surface area contributed by atoms with E-state index in [-0.39, 0.29) is 24.4 Å². The van der Waals surface area contributed by atoms with Crippen LogP contribution in [0, 0.1) is 0 Å². The number of nitrogens with zero attached hydrogens (tertiary/aromatic N) is 2. The van der Waals surface area contributed by atoms with Gasteiger partial charge in [0.05, 0.1) is 0 Å². The number of hydrogen-bond donors (Lipinski definition) is 2. The van der Waals surface area contributed by atoms with Gasteiger partial charge in [-0.1, -0.05) is 103 Å². The van der Waals surface area contributed by atoms with Crippen molar-refractivity contribution in [3.8, 4) is 0 Å². The molecule has 42 heavy (non-hydrogen) atoms. The predicted octanol–water partition coefficient (Wildman–Crippen LogP) is 5.55. The Morgan fingerprint density at radius 3 is 2.40 bits per heavy atom. The van der Waals surface area contributed by atoms with Crippen LogP contribution in [0.5, 0.6) is 0 Å². The van der Waals surface area contributed by atoms with E-state index in [1.807, 2.05) is 84.9 Å². The molecule has 0 aliphatic carbocycles. The van der Waals surface area contributed by atoms with Crippen LogP contribution in [0.2, 0.25) is 5.02 Å². The molecular formula is C34H35ClN4O3. The number of rotatable bonds is 9. The van der Waals surface area contributed by atoms with Gasteiger partial charge < -0.3 is 20.4 Å². The largest absolute Gasteiger partial charge is 0.342 e. The summed E-state index contributed by atoms with van der Waals surface area (Å²) in [6, 6.07) is 29.4. The molecule has 1 fully saturated rings. The van der Waals surface area contributed by atoms with Crippen LogP contribution in [0.1, 0.15) is 29.5 Å². The van der Waals surface area contributed by atoms with Crippen LogP contribution in [0.25, 0.3) is 10.8 Å². The molecule has 8 heteroatoms. The summed E-state index contributed by atoms with van der Waals surface area (Å²) in [4.78, 5) is 43.7. The Kier molecular flexibility index (Phi) is 9.39. The fourth-order valence-corrected chi connectivity index (χ4v) is 5.67. The van der Waals surface area contributed by atoms with Gasteiger partial charge in [0, 0.05) is 38.1 Å². The number of likely N-dealkylation sites (tertiary alicyclic amines) is 1. The van der Waals surface area contributed by atoms with E-state index >= 15 is 0 Å². The summed E-state index contributed by atoms with van der Waals surface area (Å²) >= 11 is 6.24. The fourth-order valence-electron chi connectivity index (χ4n) is 5.47. The van der Waals surface area contributed by atoms with Crippen LogP contribution in [-0.2, 0) is 29.1 Å². The normalized spacial score (nSPS) is 15.3. The van der Waals surface area contributed by atoms with Gasteiger partial charge in [0.1, 0.15) is 12.1 Å². The van der Waals surface area contributed by atoms with Gasteiger partial charge in [-0.25, -0.2) is 4.79 Å². The lowest BCUT2D eigenvalue weighted by Crippen LogP contribution is -2.55. The summed E-state index contributed by atoms with van der Waals surface area (Å²) in [5, 5.41) is 8.66. The van der Waals surface area contributed by atoms with Gasteiger partial charge in [0.2, 0.25) is 11.8 Å². The zero-order chi connectivity index (χ0) is 29.5. The number of hydrogen-bond acceptors (Lipinski definition) is 3. The molecule has 0 aromatic heterocycles. The molecule has 4 aromatic rings. The standard InChI is InChI=1S/C34H35ClN4O3/c1-38(23-24-10-3-2-4-11-24)33(41)30(21-25-17-18-26-12-5-6-13-27(26)20-25)37-32(40)31-16-9-19-39(31)34(42)36-22-28-14-7-8-15-29(28)35/h2-8,10-15,17-18,20,30-31H,9,16,19,21-23H2,1H3,(H,36,42)(H,37,40)/t30-,31-/m0/s1. The van der Waals surface area contributed by atoms with Gasteiger partial charge in [0.25, 0.3) is 0 Å². The van der Waals surface area contributed by atoms with E-state index in [4.69, 9.17) is 11.6 Å². The molecule has 0 radical (unpaired) electrons. The smallest absolute Gasteiger partial charge is 0.318 e. The Morgan fingerprint density at radius 2 is 1.62 bits per heavy atom. The molecular weight excluding hydrogens is 548 g/mol. The molecule has 2 N–H and O–H groups in total. The Labute approximate surface area is 251 Å². The summed E-state index contributed by atoms with van der Waals surface area (Å²) in [5.74, 6) is -0.513. The number of carbonyl (C=O) groups is 3. The average molecular weight is 583 g/mol. The minimum absolute atomic E-state index is 0.187. The SMILES string of the molecule is CN(Cc1ccccc1)C(=O)[C@H](Cc1ccc2ccccc2c1)NC(=O)[C@@H]1CCCN1C(=O)NCc1ccccc1Cl. The number of fused-ring (bicyclic) bond motifs is 1. The first-order valence-corrected chi connectivity index (χ1v) is 14.6. The molecule has 1 heterocycles. The number of benzene rings is 4. The molecule has 1 aliphatic rings. The molecule has 7 nitrogen and oxygen atoms in total. The Balaban J connectivity index is 1.31. The van der Waals surface area contributed by atoms with E-state index < -0.39 is 12.1 Å². The molecule has 4 aromatic carbocycles. The molecule has 1 saturated heterocycles. The molecule has 2 atom stereocenters. The number of urea groups is 1. The Bertz CT molecular complexity index is 1560. The molecule has 5 rings (SSSR count). The van der Waals surface area contributed by atoms with Gasteiger partial charge in [-0.3, -0.25) is 9.59 Å². The Morgan fingerprint density at radius 1 is 0.905 bits per heavy atom. The highest BCUT2D eigenvalue weighted by atomic mass is 35.5. The summed E-state index contributed by atoms with van der Waals surface area (Å²) in [6.45, 7) is 1.14. The first-order valence-electron chi connectivity index (χ1n) is 14.2. The van der Waals surface area contributed by atoms with Crippen molar-refractivity contribution in [3.63, 3.8) is 0 Å². The van der Waals surface area contributed by atoms with Crippen molar-refractivity contribution in [1.82, 2.24) is 20.4 Å². The average Bonchev–Trinajstić information content (AvgIpc) is 3.51. The first kappa shape index (κ1) is 29.1. The van der Waals surface area contributed by atoms with Crippen LogP contribution in [-0.4, -0.2) is 53.3 Å². The van der Waals surface area contributed by atoms with Gasteiger partial charge in [0.15, 0.2) is 0 Å². The molecule has 0 spiro atoms. The highest BCUT2D eigenvalue weighted by Crippen LogP contribution is 2.21. The molecule has 0 bridgehead atoms. The van der Waals surface area contributed by atoms with Gasteiger partial charge >= 0.3 is 6.03 Å². The lowest BCUT2D eigenvalue weighted by Gasteiger charge is -2.29. The summed E-state index contributed by atoms with van der Waals surface area (Å²) < 4.78 is 0. The molecule has 0 saturated carbocycles. The van der Waals surface area contributed by atoms with Crippen molar-refractivity contribution < 1.29 is 14.4 Å². The van der Waals surface area contributed by atoms with Crippen LogP contribution in [0.15, 0.2) is 97.1 Å². The third-order valence-electron chi connectivity index (χ3n) is 7.71. The van der Waals surface area contributed by atoms with E-state index in [2.05, 4.69) is 16.7 Å². The summed E-state index contributed by atoms with van der Waals surface area (Å²) in [6.07, 6.45) is 1.57. The number of amides is 4. The Hall–Kier alpha value is -4.36. The molecule has 4 amide bonds. The van der Waals surface area contributed by atoms with Gasteiger partial charge in [-0.2, -0.15) is 0 Å². The third kappa shape index (κ3) is 7.09. The van der Waals surface area contributed by atoms with Crippen LogP contribution < -0.4 is 10.6 Å². The number of halogens is 1. The lowest BCUT2D eigenvalue weighted by atomic mass is 10.00. The highest BCUT2D eigenvalue weighted by molar-refractivity contribution is 6.31. The molecule has 1 aliphatic heterocycles. The van der Waals surface area contributed by atoms with Crippen LogP contribution in [0.4, 0.5) is 4.79 Å². The monoisotopic (exact) mass is 582 g/mol. The summed E-state index contributed by atoms with van der Waals surface area (Å²) in [5.41, 5.74) is 2.75. The number of likely N-dealkylation sites (N-methyl/N-ethyl adjacent to an activating group) is 1. The second-order valence-corrected chi connectivity index (χ2v) is 11.1. The van der Waals surface area contributed by atoms with E-state index in [1.54, 1.807) is 22.9 Å². The minimum Gasteiger partial charge on any atom is -0.342 e. The zero-order valence-corrected chi connectivity index (χ0v) is 24.4. The van der Waals surface area contributed by atoms with Crippen molar-refractivity contribution in [2.24, 2.45) is 0 Å². The highest BCUT2D eigenvalue weighted by Gasteiger charge is 2.36. The van der Waals surface area contributed by atoms with Gasteiger partial charge in [-0.15, -0.1) is 0 Å². The summed E-state index contributed by atoms with van der Waals surface area (Å²) in [7, 11) is 1.75. The van der Waals surface area contributed by atoms with Crippen molar-refractivity contribution in [2.75, 3.05) is 13.6 Å². The van der Waals surface area contributed by atoms with Crippen molar-refractivity contribution >= 4 is 40.2 Å². The molecule has 216 valence electrons. The lowest BCUT2D eigenvalue weighted by molar-refractivity contribution is -0.136. The maximum Gasteiger partial charge on any atom is 0.318 e. The molecule has 0 unspecified atom stereocenters. The quantitative estimate of drug-likeness (QED) is 0.271. The minimum atomic E-state index is -0.791. The van der Waals surface area contributed by atoms with Crippen molar-refractivity contribution in [1.29, 1.82) is 0 Å². The van der Waals surface area contributed by atoms with E-state index in [0.717, 1.165) is 27.5 Å². The number of carbonyl (C=O) groups excluding carboxylic acids is 3. The second kappa shape index (κ2) is 13.5. The van der Waals surface area contributed by atoms with Crippen LogP contribution >= 0.6 is 11.6 Å². The fraction of sp³-hybridized carbons (Fsp3) is 0.265. The third-order valence-corrected chi connectivity index (χ3v) is 8.08. The van der Waals surface area contributed by atoms with Gasteiger partial charge in [-0.05, 0) is 46.4 Å². The van der Waals surface area contributed by atoms with E-state index in [9.17, 15) is 14.4 Å². The maximum atomic E-state index is 13.8. The number of nitrogens with one attached hydrogen (secondary N) is 2. The first-order chi connectivity index (χ1) is 20.4. The zero-order valence-electron chi connectivity index (χ0n) is 23.6. The topological polar surface area (TPSA) is 81.8 Å². The van der Waals surface area contributed by atoms with Crippen LogP contribution in [0.3, 0.4) is 0 Å². The maximum absolute atomic E-state index is 13.8. The predicted molar refractivity (Wildman–Crippen MR) is 166 cm³/mol. The van der Waals surface area contributed by atoms with E-state index in [1.165, 1.54) is 0 Å².